The Labute approximate surface area is 157 Å². The highest BCUT2D eigenvalue weighted by Gasteiger charge is 2.47. The van der Waals surface area contributed by atoms with E-state index in [1.165, 1.54) is 0 Å². The van der Waals surface area contributed by atoms with Crippen LogP contribution in [0, 0.1) is 5.92 Å². The molecule has 7 nitrogen and oxygen atoms in total. The minimum Gasteiger partial charge on any atom is -0.483 e. The molecule has 1 N–H and O–H groups in total. The number of carbonyl (C=O) groups excluding carboxylic acids is 2. The molecule has 4 unspecified atom stereocenters. The van der Waals surface area contributed by atoms with Crippen LogP contribution in [0.4, 0.5) is 0 Å². The number of ketones is 2. The molecular formula is C19H23O7P. The number of ether oxygens (including phenoxy) is 1. The Morgan fingerprint density at radius 3 is 2.48 bits per heavy atom. The maximum Gasteiger partial charge on any atom is 0.472 e. The Bertz CT molecular complexity index is 816. The first-order valence-electron chi connectivity index (χ1n) is 9.09. The Balaban J connectivity index is 1.87. The summed E-state index contributed by atoms with van der Waals surface area (Å²) >= 11 is 0. The number of phosphoric ester groups is 1. The first-order chi connectivity index (χ1) is 12.9. The summed E-state index contributed by atoms with van der Waals surface area (Å²) in [7, 11) is -4.26. The minimum atomic E-state index is -4.26. The van der Waals surface area contributed by atoms with E-state index in [2.05, 4.69) is 0 Å². The molecule has 3 rings (SSSR count). The van der Waals surface area contributed by atoms with Gasteiger partial charge in [-0.15, -0.1) is 0 Å². The SMILES string of the molecule is CCCCC(OP(=O)(O)OCC)C1=CC2C(=O)c3ccccc3C(=O)C2O1. The molecule has 1 heterocycles. The van der Waals surface area contributed by atoms with Crippen LogP contribution in [-0.4, -0.2) is 35.3 Å². The van der Waals surface area contributed by atoms with E-state index in [4.69, 9.17) is 13.8 Å². The summed E-state index contributed by atoms with van der Waals surface area (Å²) in [5, 5.41) is 0. The van der Waals surface area contributed by atoms with Crippen molar-refractivity contribution in [1.82, 2.24) is 0 Å². The lowest BCUT2D eigenvalue weighted by Gasteiger charge is -2.25. The molecule has 0 bridgehead atoms. The zero-order valence-electron chi connectivity index (χ0n) is 15.3. The third-order valence-corrected chi connectivity index (χ3v) is 5.75. The summed E-state index contributed by atoms with van der Waals surface area (Å²) in [6.07, 6.45) is 1.70. The van der Waals surface area contributed by atoms with Gasteiger partial charge in [0.1, 0.15) is 11.9 Å². The second-order valence-corrected chi connectivity index (χ2v) is 7.94. The molecule has 27 heavy (non-hydrogen) atoms. The molecule has 1 aliphatic carbocycles. The summed E-state index contributed by atoms with van der Waals surface area (Å²) in [5.74, 6) is -0.980. The van der Waals surface area contributed by atoms with Crippen molar-refractivity contribution in [3.63, 3.8) is 0 Å². The van der Waals surface area contributed by atoms with E-state index >= 15 is 0 Å². The van der Waals surface area contributed by atoms with E-state index in [1.807, 2.05) is 6.92 Å². The van der Waals surface area contributed by atoms with Crippen LogP contribution in [0.3, 0.4) is 0 Å². The standard InChI is InChI=1S/C19H23O7P/c1-3-5-10-15(26-27(22,23)24-4-2)16-11-14-17(20)12-8-6-7-9-13(12)18(21)19(14)25-16/h6-9,11,14-15,19H,3-5,10H2,1-2H3,(H,22,23). The van der Waals surface area contributed by atoms with Gasteiger partial charge in [-0.1, -0.05) is 44.0 Å². The third kappa shape index (κ3) is 4.06. The number of phosphoric acid groups is 1. The molecule has 0 radical (unpaired) electrons. The normalized spacial score (nSPS) is 24.5. The summed E-state index contributed by atoms with van der Waals surface area (Å²) in [6, 6.07) is 6.64. The number of Topliss-reactive ketones (excluding diaryl/α,β-unsaturated/α-hetero) is 2. The zero-order chi connectivity index (χ0) is 19.6. The largest absolute Gasteiger partial charge is 0.483 e. The van der Waals surface area contributed by atoms with E-state index in [9.17, 15) is 19.0 Å². The van der Waals surface area contributed by atoms with Gasteiger partial charge < -0.3 is 9.63 Å². The lowest BCUT2D eigenvalue weighted by atomic mass is 9.80. The third-order valence-electron chi connectivity index (χ3n) is 4.64. The van der Waals surface area contributed by atoms with E-state index in [1.54, 1.807) is 37.3 Å². The maximum atomic E-state index is 12.8. The molecule has 8 heteroatoms. The van der Waals surface area contributed by atoms with Crippen LogP contribution in [0.2, 0.25) is 0 Å². The van der Waals surface area contributed by atoms with Crippen molar-refractivity contribution >= 4 is 19.4 Å². The van der Waals surface area contributed by atoms with Gasteiger partial charge in [-0.25, -0.2) is 4.57 Å². The number of carbonyl (C=O) groups is 2. The van der Waals surface area contributed by atoms with Gasteiger partial charge in [-0.05, 0) is 19.4 Å². The number of benzene rings is 1. The predicted molar refractivity (Wildman–Crippen MR) is 97.4 cm³/mol. The van der Waals surface area contributed by atoms with Gasteiger partial charge in [0, 0.05) is 11.1 Å². The molecule has 4 atom stereocenters. The number of rotatable bonds is 8. The molecule has 0 spiro atoms. The molecule has 0 fully saturated rings. The summed E-state index contributed by atoms with van der Waals surface area (Å²) in [4.78, 5) is 35.3. The van der Waals surface area contributed by atoms with Gasteiger partial charge in [0.15, 0.2) is 11.9 Å². The molecule has 146 valence electrons. The van der Waals surface area contributed by atoms with Gasteiger partial charge in [0.25, 0.3) is 0 Å². The Hall–Kier alpha value is -1.79. The summed E-state index contributed by atoms with van der Waals surface area (Å²) in [5.41, 5.74) is 0.713. The predicted octanol–water partition coefficient (Wildman–Crippen LogP) is 3.68. The topological polar surface area (TPSA) is 99.1 Å². The maximum absolute atomic E-state index is 12.8. The Morgan fingerprint density at radius 2 is 1.85 bits per heavy atom. The number of unbranched alkanes of at least 4 members (excludes halogenated alkanes) is 1. The van der Waals surface area contributed by atoms with Crippen LogP contribution in [0.1, 0.15) is 53.8 Å². The average molecular weight is 394 g/mol. The van der Waals surface area contributed by atoms with Crippen molar-refractivity contribution in [3.05, 3.63) is 47.2 Å². The minimum absolute atomic E-state index is 0.0196. The van der Waals surface area contributed by atoms with E-state index < -0.39 is 25.9 Å². The van der Waals surface area contributed by atoms with Crippen molar-refractivity contribution in [3.8, 4) is 0 Å². The summed E-state index contributed by atoms with van der Waals surface area (Å²) < 4.78 is 27.9. The molecular weight excluding hydrogens is 371 g/mol. The van der Waals surface area contributed by atoms with E-state index in [-0.39, 0.29) is 23.9 Å². The lowest BCUT2D eigenvalue weighted by molar-refractivity contribution is 0.0354. The van der Waals surface area contributed by atoms with Crippen molar-refractivity contribution in [2.24, 2.45) is 5.92 Å². The van der Waals surface area contributed by atoms with Crippen molar-refractivity contribution < 1.29 is 32.8 Å². The van der Waals surface area contributed by atoms with Gasteiger partial charge in [0.05, 0.1) is 12.5 Å². The fourth-order valence-corrected chi connectivity index (χ4v) is 4.29. The van der Waals surface area contributed by atoms with Crippen molar-refractivity contribution in [1.29, 1.82) is 0 Å². The number of hydrogen-bond acceptors (Lipinski definition) is 6. The van der Waals surface area contributed by atoms with Gasteiger partial charge in [-0.2, -0.15) is 0 Å². The molecule has 0 saturated heterocycles. The second-order valence-electron chi connectivity index (χ2n) is 6.53. The van der Waals surface area contributed by atoms with Gasteiger partial charge in [-0.3, -0.25) is 18.6 Å². The highest BCUT2D eigenvalue weighted by molar-refractivity contribution is 7.47. The smallest absolute Gasteiger partial charge is 0.472 e. The van der Waals surface area contributed by atoms with Crippen molar-refractivity contribution in [2.75, 3.05) is 6.61 Å². The molecule has 0 aromatic heterocycles. The first kappa shape index (κ1) is 20.0. The van der Waals surface area contributed by atoms with Gasteiger partial charge in [0.2, 0.25) is 5.78 Å². The van der Waals surface area contributed by atoms with Crippen LogP contribution in [-0.2, 0) is 18.3 Å². The molecule has 0 amide bonds. The number of hydrogen-bond donors (Lipinski definition) is 1. The fraction of sp³-hybridized carbons (Fsp3) is 0.474. The van der Waals surface area contributed by atoms with E-state index in [0.717, 1.165) is 12.8 Å². The highest BCUT2D eigenvalue weighted by Crippen LogP contribution is 2.48. The quantitative estimate of drug-likeness (QED) is 0.672. The van der Waals surface area contributed by atoms with Crippen LogP contribution in [0.5, 0.6) is 0 Å². The van der Waals surface area contributed by atoms with Crippen LogP contribution in [0.15, 0.2) is 36.1 Å². The molecule has 2 aliphatic rings. The van der Waals surface area contributed by atoms with Crippen LogP contribution < -0.4 is 0 Å². The van der Waals surface area contributed by atoms with Crippen LogP contribution >= 0.6 is 7.82 Å². The van der Waals surface area contributed by atoms with E-state index in [0.29, 0.717) is 17.5 Å². The monoisotopic (exact) mass is 394 g/mol. The summed E-state index contributed by atoms with van der Waals surface area (Å²) in [6.45, 7) is 3.58. The molecule has 1 aromatic rings. The van der Waals surface area contributed by atoms with Crippen molar-refractivity contribution in [2.45, 2.75) is 45.3 Å². The highest BCUT2D eigenvalue weighted by atomic mass is 31.2. The lowest BCUT2D eigenvalue weighted by Crippen LogP contribution is -2.38. The molecule has 1 aromatic carbocycles. The Morgan fingerprint density at radius 1 is 1.19 bits per heavy atom. The molecule has 1 aliphatic heterocycles. The zero-order valence-corrected chi connectivity index (χ0v) is 16.2. The number of fused-ring (bicyclic) bond motifs is 2. The van der Waals surface area contributed by atoms with Crippen LogP contribution in [0.25, 0.3) is 0 Å². The first-order valence-corrected chi connectivity index (χ1v) is 10.6. The average Bonchev–Trinajstić information content (AvgIpc) is 3.09. The fourth-order valence-electron chi connectivity index (χ4n) is 3.37. The van der Waals surface area contributed by atoms with Gasteiger partial charge >= 0.3 is 7.82 Å². The molecule has 0 saturated carbocycles. The Kier molecular flexibility index (Phi) is 5.96. The second kappa shape index (κ2) is 8.07.